The van der Waals surface area contributed by atoms with Crippen LogP contribution in [0, 0.1) is 6.92 Å². The molecule has 5 heteroatoms. The maximum absolute atomic E-state index is 12.2. The highest BCUT2D eigenvalue weighted by atomic mass is 79.9. The van der Waals surface area contributed by atoms with Crippen LogP contribution >= 0.6 is 15.9 Å². The molecule has 1 aromatic heterocycles. The summed E-state index contributed by atoms with van der Waals surface area (Å²) >= 11 is 3.33. The number of aryl methyl sites for hydroxylation is 1. The highest BCUT2D eigenvalue weighted by Gasteiger charge is 2.09. The molecule has 3 rings (SSSR count). The van der Waals surface area contributed by atoms with Gasteiger partial charge in [0.1, 0.15) is 5.58 Å². The van der Waals surface area contributed by atoms with Crippen LogP contribution in [0.5, 0.6) is 0 Å². The summed E-state index contributed by atoms with van der Waals surface area (Å²) in [5.74, 6) is -0.189. The molecule has 23 heavy (non-hydrogen) atoms. The predicted octanol–water partition coefficient (Wildman–Crippen LogP) is 3.79. The summed E-state index contributed by atoms with van der Waals surface area (Å²) in [6.07, 6.45) is 0. The first-order chi connectivity index (χ1) is 11.0. The van der Waals surface area contributed by atoms with Crippen LogP contribution < -0.4 is 10.9 Å². The van der Waals surface area contributed by atoms with Crippen LogP contribution in [-0.4, -0.2) is 5.91 Å². The van der Waals surface area contributed by atoms with Crippen molar-refractivity contribution in [2.75, 3.05) is 0 Å². The standard InChI is InChI=1S/C18H14BrNO3/c1-11-2-7-15-13(9-17(21)23-16(15)8-11)10-20-18(22)12-3-5-14(19)6-4-12/h2-9H,10H2,1H3,(H,20,22). The molecule has 1 heterocycles. The van der Waals surface area contributed by atoms with Crippen molar-refractivity contribution in [2.24, 2.45) is 0 Å². The molecule has 0 bridgehead atoms. The molecule has 1 N–H and O–H groups in total. The average molecular weight is 372 g/mol. The van der Waals surface area contributed by atoms with Gasteiger partial charge in [0.15, 0.2) is 0 Å². The molecule has 2 aromatic carbocycles. The number of hydrogen-bond acceptors (Lipinski definition) is 3. The molecule has 0 saturated carbocycles. The summed E-state index contributed by atoms with van der Waals surface area (Å²) in [6.45, 7) is 2.20. The van der Waals surface area contributed by atoms with E-state index in [1.54, 1.807) is 12.1 Å². The van der Waals surface area contributed by atoms with E-state index < -0.39 is 5.63 Å². The van der Waals surface area contributed by atoms with E-state index in [0.29, 0.717) is 11.1 Å². The van der Waals surface area contributed by atoms with Crippen LogP contribution in [0.2, 0.25) is 0 Å². The fourth-order valence-corrected chi connectivity index (χ4v) is 2.63. The number of halogens is 1. The lowest BCUT2D eigenvalue weighted by Crippen LogP contribution is -2.23. The Bertz CT molecular complexity index is 929. The second-order valence-corrected chi connectivity index (χ2v) is 6.20. The molecule has 0 unspecified atom stereocenters. The van der Waals surface area contributed by atoms with Gasteiger partial charge in [-0.15, -0.1) is 0 Å². The quantitative estimate of drug-likeness (QED) is 0.712. The summed E-state index contributed by atoms with van der Waals surface area (Å²) in [6, 6.07) is 14.2. The Morgan fingerprint density at radius 2 is 1.87 bits per heavy atom. The van der Waals surface area contributed by atoms with E-state index in [1.807, 2.05) is 37.3 Å². The topological polar surface area (TPSA) is 59.3 Å². The van der Waals surface area contributed by atoms with E-state index in [1.165, 1.54) is 6.07 Å². The van der Waals surface area contributed by atoms with Gasteiger partial charge in [0.25, 0.3) is 5.91 Å². The van der Waals surface area contributed by atoms with Gasteiger partial charge >= 0.3 is 5.63 Å². The number of rotatable bonds is 3. The number of hydrogen-bond donors (Lipinski definition) is 1. The van der Waals surface area contributed by atoms with E-state index in [-0.39, 0.29) is 12.5 Å². The lowest BCUT2D eigenvalue weighted by Gasteiger charge is -2.08. The number of nitrogens with one attached hydrogen (secondary N) is 1. The minimum atomic E-state index is -0.420. The number of carbonyl (C=O) groups excluding carboxylic acids is 1. The Morgan fingerprint density at radius 1 is 1.13 bits per heavy atom. The third-order valence-electron chi connectivity index (χ3n) is 3.53. The van der Waals surface area contributed by atoms with Crippen LogP contribution in [0.15, 0.2) is 62.2 Å². The van der Waals surface area contributed by atoms with Crippen LogP contribution in [0.4, 0.5) is 0 Å². The molecule has 0 aliphatic rings. The Kier molecular flexibility index (Phi) is 4.30. The van der Waals surface area contributed by atoms with E-state index in [4.69, 9.17) is 4.42 Å². The van der Waals surface area contributed by atoms with Crippen LogP contribution in [-0.2, 0) is 6.54 Å². The lowest BCUT2D eigenvalue weighted by atomic mass is 10.1. The maximum atomic E-state index is 12.2. The second kappa shape index (κ2) is 6.38. The molecule has 0 radical (unpaired) electrons. The van der Waals surface area contributed by atoms with Gasteiger partial charge in [0, 0.05) is 28.0 Å². The second-order valence-electron chi connectivity index (χ2n) is 5.28. The third kappa shape index (κ3) is 3.51. The minimum Gasteiger partial charge on any atom is -0.423 e. The molecule has 116 valence electrons. The summed E-state index contributed by atoms with van der Waals surface area (Å²) in [5.41, 5.74) is 2.43. The minimum absolute atomic E-state index is 0.189. The zero-order chi connectivity index (χ0) is 16.4. The van der Waals surface area contributed by atoms with Crippen molar-refractivity contribution >= 4 is 32.8 Å². The van der Waals surface area contributed by atoms with E-state index >= 15 is 0 Å². The van der Waals surface area contributed by atoms with Crippen LogP contribution in [0.25, 0.3) is 11.0 Å². The fraction of sp³-hybridized carbons (Fsp3) is 0.111. The highest BCUT2D eigenvalue weighted by molar-refractivity contribution is 9.10. The Labute approximate surface area is 141 Å². The molecule has 1 amide bonds. The van der Waals surface area contributed by atoms with Gasteiger partial charge in [-0.25, -0.2) is 4.79 Å². The fourth-order valence-electron chi connectivity index (χ4n) is 2.36. The molecule has 0 aliphatic heterocycles. The van der Waals surface area contributed by atoms with Crippen molar-refractivity contribution in [1.82, 2.24) is 5.32 Å². The van der Waals surface area contributed by atoms with E-state index in [2.05, 4.69) is 21.2 Å². The van der Waals surface area contributed by atoms with Gasteiger partial charge in [-0.05, 0) is 48.4 Å². The van der Waals surface area contributed by atoms with Crippen molar-refractivity contribution in [3.05, 3.63) is 80.1 Å². The molecule has 4 nitrogen and oxygen atoms in total. The molecule has 0 saturated heterocycles. The average Bonchev–Trinajstić information content (AvgIpc) is 2.52. The Hall–Kier alpha value is -2.40. The van der Waals surface area contributed by atoms with E-state index in [0.717, 1.165) is 21.0 Å². The molecule has 0 atom stereocenters. The van der Waals surface area contributed by atoms with Crippen molar-refractivity contribution in [2.45, 2.75) is 13.5 Å². The Morgan fingerprint density at radius 3 is 2.61 bits per heavy atom. The van der Waals surface area contributed by atoms with Crippen molar-refractivity contribution in [1.29, 1.82) is 0 Å². The summed E-state index contributed by atoms with van der Waals surface area (Å²) in [4.78, 5) is 23.9. The van der Waals surface area contributed by atoms with Gasteiger partial charge in [-0.2, -0.15) is 0 Å². The summed E-state index contributed by atoms with van der Waals surface area (Å²) in [7, 11) is 0. The van der Waals surface area contributed by atoms with Crippen LogP contribution in [0.3, 0.4) is 0 Å². The van der Waals surface area contributed by atoms with Gasteiger partial charge in [0.05, 0.1) is 0 Å². The normalized spacial score (nSPS) is 10.7. The molecule has 3 aromatic rings. The zero-order valence-corrected chi connectivity index (χ0v) is 14.0. The molecular weight excluding hydrogens is 358 g/mol. The first-order valence-corrected chi connectivity index (χ1v) is 7.89. The largest absolute Gasteiger partial charge is 0.423 e. The van der Waals surface area contributed by atoms with Gasteiger partial charge in [-0.3, -0.25) is 4.79 Å². The van der Waals surface area contributed by atoms with Gasteiger partial charge in [-0.1, -0.05) is 28.1 Å². The number of carbonyl (C=O) groups is 1. The van der Waals surface area contributed by atoms with Crippen molar-refractivity contribution < 1.29 is 9.21 Å². The third-order valence-corrected chi connectivity index (χ3v) is 4.06. The molecular formula is C18H14BrNO3. The van der Waals surface area contributed by atoms with Crippen molar-refractivity contribution in [3.63, 3.8) is 0 Å². The maximum Gasteiger partial charge on any atom is 0.336 e. The molecule has 0 spiro atoms. The first-order valence-electron chi connectivity index (χ1n) is 7.10. The summed E-state index contributed by atoms with van der Waals surface area (Å²) < 4.78 is 6.13. The predicted molar refractivity (Wildman–Crippen MR) is 92.5 cm³/mol. The smallest absolute Gasteiger partial charge is 0.336 e. The van der Waals surface area contributed by atoms with Crippen molar-refractivity contribution in [3.8, 4) is 0 Å². The van der Waals surface area contributed by atoms with E-state index in [9.17, 15) is 9.59 Å². The number of fused-ring (bicyclic) bond motifs is 1. The number of amides is 1. The molecule has 0 fully saturated rings. The SMILES string of the molecule is Cc1ccc2c(CNC(=O)c3ccc(Br)cc3)cc(=O)oc2c1. The number of benzene rings is 2. The first kappa shape index (κ1) is 15.5. The van der Waals surface area contributed by atoms with Gasteiger partial charge in [0.2, 0.25) is 0 Å². The lowest BCUT2D eigenvalue weighted by molar-refractivity contribution is 0.0951. The van der Waals surface area contributed by atoms with Gasteiger partial charge < -0.3 is 9.73 Å². The highest BCUT2D eigenvalue weighted by Crippen LogP contribution is 2.18. The Balaban J connectivity index is 1.85. The molecule has 0 aliphatic carbocycles. The van der Waals surface area contributed by atoms with Crippen LogP contribution in [0.1, 0.15) is 21.5 Å². The monoisotopic (exact) mass is 371 g/mol. The zero-order valence-electron chi connectivity index (χ0n) is 12.4. The summed E-state index contributed by atoms with van der Waals surface area (Å²) in [5, 5.41) is 3.66.